The molecule has 0 radical (unpaired) electrons. The van der Waals surface area contributed by atoms with E-state index in [1.807, 2.05) is 60.8 Å². The molecule has 1 heterocycles. The van der Waals surface area contributed by atoms with Crippen molar-refractivity contribution in [1.29, 1.82) is 0 Å². The number of thiazole rings is 1. The SMILES string of the molecule is CCc1cnc(CCN=C(N)Nc2cccc(Oc3ccccc3)c2)s1. The summed E-state index contributed by atoms with van der Waals surface area (Å²) in [5.74, 6) is 1.92. The van der Waals surface area contributed by atoms with Crippen LogP contribution in [-0.4, -0.2) is 17.5 Å². The molecule has 0 bridgehead atoms. The molecule has 3 N–H and O–H groups in total. The van der Waals surface area contributed by atoms with Gasteiger partial charge in [0.1, 0.15) is 11.5 Å². The molecular formula is C20H22N4OS. The van der Waals surface area contributed by atoms with Gasteiger partial charge in [0, 0.05) is 35.8 Å². The normalized spacial score (nSPS) is 11.3. The third kappa shape index (κ3) is 5.32. The number of guanidine groups is 1. The van der Waals surface area contributed by atoms with Gasteiger partial charge in [0.15, 0.2) is 5.96 Å². The number of benzene rings is 2. The van der Waals surface area contributed by atoms with Gasteiger partial charge in [-0.3, -0.25) is 4.99 Å². The molecule has 0 aliphatic heterocycles. The van der Waals surface area contributed by atoms with E-state index in [0.29, 0.717) is 12.5 Å². The number of nitrogens with zero attached hydrogens (tertiary/aromatic N) is 2. The molecule has 5 nitrogen and oxygen atoms in total. The molecule has 0 aliphatic carbocycles. The Labute approximate surface area is 157 Å². The number of hydrogen-bond donors (Lipinski definition) is 2. The van der Waals surface area contributed by atoms with Gasteiger partial charge in [-0.25, -0.2) is 4.98 Å². The maximum atomic E-state index is 5.98. The lowest BCUT2D eigenvalue weighted by Crippen LogP contribution is -2.23. The summed E-state index contributed by atoms with van der Waals surface area (Å²) in [6.07, 6.45) is 3.75. The summed E-state index contributed by atoms with van der Waals surface area (Å²) in [6, 6.07) is 17.3. The Morgan fingerprint density at radius 2 is 1.96 bits per heavy atom. The average molecular weight is 366 g/mol. The fourth-order valence-corrected chi connectivity index (χ4v) is 3.20. The number of para-hydroxylation sites is 1. The van der Waals surface area contributed by atoms with Crippen LogP contribution in [-0.2, 0) is 12.8 Å². The predicted octanol–water partition coefficient (Wildman–Crippen LogP) is 4.47. The van der Waals surface area contributed by atoms with Gasteiger partial charge in [-0.15, -0.1) is 11.3 Å². The summed E-state index contributed by atoms with van der Waals surface area (Å²) >= 11 is 1.73. The van der Waals surface area contributed by atoms with Crippen LogP contribution in [0.5, 0.6) is 11.5 Å². The first kappa shape index (κ1) is 17.9. The summed E-state index contributed by atoms with van der Waals surface area (Å²) < 4.78 is 5.82. The minimum atomic E-state index is 0.383. The minimum Gasteiger partial charge on any atom is -0.457 e. The number of nitrogens with one attached hydrogen (secondary N) is 1. The van der Waals surface area contributed by atoms with E-state index in [9.17, 15) is 0 Å². The summed E-state index contributed by atoms with van der Waals surface area (Å²) in [7, 11) is 0. The molecule has 0 atom stereocenters. The van der Waals surface area contributed by atoms with Crippen molar-refractivity contribution in [3.05, 3.63) is 70.7 Å². The molecule has 2 aromatic carbocycles. The summed E-state index contributed by atoms with van der Waals surface area (Å²) in [4.78, 5) is 10.1. The first-order valence-electron chi connectivity index (χ1n) is 8.56. The highest BCUT2D eigenvalue weighted by Crippen LogP contribution is 2.23. The van der Waals surface area contributed by atoms with Gasteiger partial charge in [-0.2, -0.15) is 0 Å². The molecule has 6 heteroatoms. The van der Waals surface area contributed by atoms with Crippen molar-refractivity contribution in [1.82, 2.24) is 4.98 Å². The molecule has 0 aliphatic rings. The van der Waals surface area contributed by atoms with Gasteiger partial charge in [0.05, 0.1) is 5.01 Å². The Morgan fingerprint density at radius 1 is 1.15 bits per heavy atom. The molecule has 0 saturated heterocycles. The van der Waals surface area contributed by atoms with Crippen LogP contribution in [0.3, 0.4) is 0 Å². The van der Waals surface area contributed by atoms with Crippen LogP contribution in [0.25, 0.3) is 0 Å². The van der Waals surface area contributed by atoms with Crippen molar-refractivity contribution in [3.8, 4) is 11.5 Å². The third-order valence-corrected chi connectivity index (χ3v) is 4.84. The largest absolute Gasteiger partial charge is 0.457 e. The van der Waals surface area contributed by atoms with Crippen LogP contribution in [0.4, 0.5) is 5.69 Å². The van der Waals surface area contributed by atoms with E-state index in [0.717, 1.165) is 35.0 Å². The maximum Gasteiger partial charge on any atom is 0.193 e. The zero-order valence-electron chi connectivity index (χ0n) is 14.7. The van der Waals surface area contributed by atoms with Crippen molar-refractivity contribution >= 4 is 23.0 Å². The third-order valence-electron chi connectivity index (χ3n) is 3.64. The lowest BCUT2D eigenvalue weighted by atomic mass is 10.3. The topological polar surface area (TPSA) is 72.5 Å². The number of rotatable bonds is 7. The van der Waals surface area contributed by atoms with E-state index in [-0.39, 0.29) is 0 Å². The van der Waals surface area contributed by atoms with Crippen molar-refractivity contribution in [2.45, 2.75) is 19.8 Å². The average Bonchev–Trinajstić information content (AvgIpc) is 3.11. The van der Waals surface area contributed by atoms with Crippen LogP contribution in [0.2, 0.25) is 0 Å². The number of aryl methyl sites for hydroxylation is 1. The molecule has 134 valence electrons. The number of ether oxygens (including phenoxy) is 1. The smallest absolute Gasteiger partial charge is 0.193 e. The first-order chi connectivity index (χ1) is 12.7. The monoisotopic (exact) mass is 366 g/mol. The predicted molar refractivity (Wildman–Crippen MR) is 108 cm³/mol. The second-order valence-electron chi connectivity index (χ2n) is 5.66. The Hall–Kier alpha value is -2.86. The zero-order valence-corrected chi connectivity index (χ0v) is 15.5. The Balaban J connectivity index is 1.54. The molecule has 0 saturated carbocycles. The van der Waals surface area contributed by atoms with Crippen molar-refractivity contribution in [2.24, 2.45) is 10.7 Å². The van der Waals surface area contributed by atoms with Gasteiger partial charge in [0.25, 0.3) is 0 Å². The zero-order chi connectivity index (χ0) is 18.2. The van der Waals surface area contributed by atoms with E-state index >= 15 is 0 Å². The number of aliphatic imine (C=N–C) groups is 1. The molecule has 0 amide bonds. The Kier molecular flexibility index (Phi) is 6.22. The lowest BCUT2D eigenvalue weighted by molar-refractivity contribution is 0.483. The van der Waals surface area contributed by atoms with Gasteiger partial charge in [0.2, 0.25) is 0 Å². The summed E-state index contributed by atoms with van der Waals surface area (Å²) in [6.45, 7) is 2.74. The van der Waals surface area contributed by atoms with E-state index < -0.39 is 0 Å². The second-order valence-corrected chi connectivity index (χ2v) is 6.86. The summed E-state index contributed by atoms with van der Waals surface area (Å²) in [5.41, 5.74) is 6.82. The quantitative estimate of drug-likeness (QED) is 0.478. The summed E-state index contributed by atoms with van der Waals surface area (Å²) in [5, 5.41) is 4.20. The van der Waals surface area contributed by atoms with Crippen molar-refractivity contribution < 1.29 is 4.74 Å². The van der Waals surface area contributed by atoms with E-state index in [1.165, 1.54) is 4.88 Å². The van der Waals surface area contributed by atoms with Crippen LogP contribution in [0.15, 0.2) is 65.8 Å². The maximum absolute atomic E-state index is 5.98. The standard InChI is InChI=1S/C20H22N4OS/c1-2-18-14-23-19(26-18)11-12-22-20(21)24-15-7-6-10-17(13-15)25-16-8-4-3-5-9-16/h3-10,13-14H,2,11-12H2,1H3,(H3,21,22,24). The minimum absolute atomic E-state index is 0.383. The lowest BCUT2D eigenvalue weighted by Gasteiger charge is -2.09. The molecule has 26 heavy (non-hydrogen) atoms. The molecule has 3 aromatic rings. The van der Waals surface area contributed by atoms with Gasteiger partial charge < -0.3 is 15.8 Å². The molecule has 0 fully saturated rings. The molecular weight excluding hydrogens is 344 g/mol. The van der Waals surface area contributed by atoms with E-state index in [2.05, 4.69) is 22.2 Å². The highest BCUT2D eigenvalue weighted by molar-refractivity contribution is 7.11. The van der Waals surface area contributed by atoms with E-state index in [1.54, 1.807) is 11.3 Å². The highest BCUT2D eigenvalue weighted by Gasteiger charge is 2.02. The van der Waals surface area contributed by atoms with Crippen molar-refractivity contribution in [2.75, 3.05) is 11.9 Å². The molecule has 0 unspecified atom stereocenters. The van der Waals surface area contributed by atoms with Crippen LogP contribution in [0, 0.1) is 0 Å². The second kappa shape index (κ2) is 9.01. The molecule has 3 rings (SSSR count). The number of nitrogens with two attached hydrogens (primary N) is 1. The first-order valence-corrected chi connectivity index (χ1v) is 9.38. The van der Waals surface area contributed by atoms with Gasteiger partial charge >= 0.3 is 0 Å². The Morgan fingerprint density at radius 3 is 2.73 bits per heavy atom. The van der Waals surface area contributed by atoms with Gasteiger partial charge in [-0.05, 0) is 30.7 Å². The van der Waals surface area contributed by atoms with Crippen molar-refractivity contribution in [3.63, 3.8) is 0 Å². The van der Waals surface area contributed by atoms with Crippen LogP contribution >= 0.6 is 11.3 Å². The fraction of sp³-hybridized carbons (Fsp3) is 0.200. The van der Waals surface area contributed by atoms with Crippen LogP contribution < -0.4 is 15.8 Å². The van der Waals surface area contributed by atoms with Crippen LogP contribution in [0.1, 0.15) is 16.8 Å². The van der Waals surface area contributed by atoms with Gasteiger partial charge in [-0.1, -0.05) is 31.2 Å². The number of anilines is 1. The fourth-order valence-electron chi connectivity index (χ4n) is 2.35. The number of aromatic nitrogens is 1. The Bertz CT molecular complexity index is 861. The number of hydrogen-bond acceptors (Lipinski definition) is 4. The highest BCUT2D eigenvalue weighted by atomic mass is 32.1. The molecule has 0 spiro atoms. The van der Waals surface area contributed by atoms with E-state index in [4.69, 9.17) is 10.5 Å². The molecule has 1 aromatic heterocycles.